The fourth-order valence-electron chi connectivity index (χ4n) is 3.29. The standard InChI is InChI=1S/C21H25N3O/c1-2-18-11-10-17(9-8-16-6-7-16)13-20(18)21-15-24(23-22-21)14-19-5-3-4-12-25-19/h10-11,13,15-16,19H,2-7,12,14H2,1H3/t19-/m1/s1. The third kappa shape index (κ3) is 4.11. The van der Waals surface area contributed by atoms with E-state index in [-0.39, 0.29) is 6.10 Å². The maximum absolute atomic E-state index is 5.81. The molecule has 2 aliphatic rings. The minimum Gasteiger partial charge on any atom is -0.376 e. The van der Waals surface area contributed by atoms with E-state index < -0.39 is 0 Å². The molecule has 130 valence electrons. The van der Waals surface area contributed by atoms with Gasteiger partial charge in [0, 0.05) is 23.7 Å². The average molecular weight is 335 g/mol. The molecular weight excluding hydrogens is 310 g/mol. The summed E-state index contributed by atoms with van der Waals surface area (Å²) in [5.41, 5.74) is 4.45. The lowest BCUT2D eigenvalue weighted by Gasteiger charge is -2.21. The summed E-state index contributed by atoms with van der Waals surface area (Å²) < 4.78 is 7.74. The molecule has 0 spiro atoms. The zero-order valence-electron chi connectivity index (χ0n) is 14.9. The Morgan fingerprint density at radius 1 is 1.24 bits per heavy atom. The van der Waals surface area contributed by atoms with E-state index in [1.165, 1.54) is 31.2 Å². The topological polar surface area (TPSA) is 39.9 Å². The van der Waals surface area contributed by atoms with Crippen molar-refractivity contribution >= 4 is 0 Å². The molecule has 0 radical (unpaired) electrons. The van der Waals surface area contributed by atoms with E-state index in [1.807, 2.05) is 10.9 Å². The van der Waals surface area contributed by atoms with Gasteiger partial charge in [0.25, 0.3) is 0 Å². The molecule has 1 aromatic heterocycles. The molecule has 4 rings (SSSR count). The van der Waals surface area contributed by atoms with Crippen molar-refractivity contribution in [3.63, 3.8) is 0 Å². The van der Waals surface area contributed by atoms with Crippen molar-refractivity contribution in [2.45, 2.75) is 58.1 Å². The molecule has 4 heteroatoms. The van der Waals surface area contributed by atoms with Gasteiger partial charge in [-0.05, 0) is 56.2 Å². The van der Waals surface area contributed by atoms with Crippen molar-refractivity contribution in [3.05, 3.63) is 35.5 Å². The van der Waals surface area contributed by atoms with Crippen LogP contribution in [0.5, 0.6) is 0 Å². The maximum atomic E-state index is 5.81. The Morgan fingerprint density at radius 2 is 2.16 bits per heavy atom. The second-order valence-electron chi connectivity index (χ2n) is 7.08. The van der Waals surface area contributed by atoms with Crippen LogP contribution in [0.3, 0.4) is 0 Å². The number of benzene rings is 1. The van der Waals surface area contributed by atoms with Crippen molar-refractivity contribution in [1.82, 2.24) is 15.0 Å². The quantitative estimate of drug-likeness (QED) is 0.797. The number of ether oxygens (including phenoxy) is 1. The lowest BCUT2D eigenvalue weighted by molar-refractivity contribution is 0.00370. The summed E-state index contributed by atoms with van der Waals surface area (Å²) in [5, 5.41) is 8.75. The number of aryl methyl sites for hydroxylation is 1. The monoisotopic (exact) mass is 335 g/mol. The Bertz CT molecular complexity index is 789. The smallest absolute Gasteiger partial charge is 0.113 e. The van der Waals surface area contributed by atoms with Crippen LogP contribution in [0.15, 0.2) is 24.4 Å². The zero-order chi connectivity index (χ0) is 17.1. The maximum Gasteiger partial charge on any atom is 0.113 e. The Morgan fingerprint density at radius 3 is 2.92 bits per heavy atom. The molecule has 0 amide bonds. The first-order valence-corrected chi connectivity index (χ1v) is 9.48. The summed E-state index contributed by atoms with van der Waals surface area (Å²) in [7, 11) is 0. The van der Waals surface area contributed by atoms with Gasteiger partial charge in [-0.2, -0.15) is 0 Å². The minimum atomic E-state index is 0.268. The van der Waals surface area contributed by atoms with E-state index in [0.29, 0.717) is 5.92 Å². The Hall–Kier alpha value is -2.12. The second kappa shape index (κ2) is 7.41. The molecular formula is C21H25N3O. The van der Waals surface area contributed by atoms with Crippen LogP contribution in [0.4, 0.5) is 0 Å². The Labute approximate surface area is 149 Å². The van der Waals surface area contributed by atoms with Crippen molar-refractivity contribution < 1.29 is 4.74 Å². The van der Waals surface area contributed by atoms with Gasteiger partial charge in [0.2, 0.25) is 0 Å². The highest BCUT2D eigenvalue weighted by Gasteiger charge is 2.18. The summed E-state index contributed by atoms with van der Waals surface area (Å²) in [5.74, 6) is 7.27. The Kier molecular flexibility index (Phi) is 4.85. The van der Waals surface area contributed by atoms with Crippen molar-refractivity contribution in [1.29, 1.82) is 0 Å². The molecule has 1 aromatic carbocycles. The van der Waals surface area contributed by atoms with Crippen LogP contribution in [-0.2, 0) is 17.7 Å². The average Bonchev–Trinajstić information content (AvgIpc) is 3.38. The van der Waals surface area contributed by atoms with Gasteiger partial charge in [0.1, 0.15) is 5.69 Å². The highest BCUT2D eigenvalue weighted by atomic mass is 16.5. The van der Waals surface area contributed by atoms with Crippen molar-refractivity contribution in [2.75, 3.05) is 6.61 Å². The first kappa shape index (κ1) is 16.4. The van der Waals surface area contributed by atoms with Crippen molar-refractivity contribution in [2.24, 2.45) is 5.92 Å². The molecule has 1 saturated carbocycles. The highest BCUT2D eigenvalue weighted by Crippen LogP contribution is 2.28. The summed E-state index contributed by atoms with van der Waals surface area (Å²) in [6, 6.07) is 6.47. The fraction of sp³-hybridized carbons (Fsp3) is 0.524. The second-order valence-corrected chi connectivity index (χ2v) is 7.08. The molecule has 1 aliphatic carbocycles. The number of rotatable bonds is 4. The van der Waals surface area contributed by atoms with Gasteiger partial charge >= 0.3 is 0 Å². The molecule has 0 bridgehead atoms. The molecule has 1 atom stereocenters. The molecule has 0 N–H and O–H groups in total. The molecule has 4 nitrogen and oxygen atoms in total. The third-order valence-corrected chi connectivity index (χ3v) is 4.97. The minimum absolute atomic E-state index is 0.268. The lowest BCUT2D eigenvalue weighted by atomic mass is 10.00. The van der Waals surface area contributed by atoms with Crippen LogP contribution < -0.4 is 0 Å². The van der Waals surface area contributed by atoms with E-state index in [1.54, 1.807) is 0 Å². The zero-order valence-corrected chi connectivity index (χ0v) is 14.9. The van der Waals surface area contributed by atoms with Crippen LogP contribution in [0, 0.1) is 17.8 Å². The lowest BCUT2D eigenvalue weighted by Crippen LogP contribution is -2.24. The number of hydrogen-bond acceptors (Lipinski definition) is 3. The van der Waals surface area contributed by atoms with Crippen LogP contribution >= 0.6 is 0 Å². The predicted molar refractivity (Wildman–Crippen MR) is 98.0 cm³/mol. The highest BCUT2D eigenvalue weighted by molar-refractivity contribution is 5.65. The van der Waals surface area contributed by atoms with E-state index in [4.69, 9.17) is 4.74 Å². The molecule has 1 saturated heterocycles. The molecule has 2 heterocycles. The molecule has 2 aromatic rings. The normalized spacial score (nSPS) is 20.1. The van der Waals surface area contributed by atoms with Crippen LogP contribution in [0.2, 0.25) is 0 Å². The first-order valence-electron chi connectivity index (χ1n) is 9.48. The van der Waals surface area contributed by atoms with Crippen LogP contribution in [-0.4, -0.2) is 27.7 Å². The van der Waals surface area contributed by atoms with Crippen LogP contribution in [0.1, 0.15) is 50.2 Å². The Balaban J connectivity index is 1.55. The summed E-state index contributed by atoms with van der Waals surface area (Å²) in [6.45, 7) is 3.83. The number of hydrogen-bond donors (Lipinski definition) is 0. The summed E-state index contributed by atoms with van der Waals surface area (Å²) >= 11 is 0. The summed E-state index contributed by atoms with van der Waals surface area (Å²) in [6.07, 6.45) is 9.33. The van der Waals surface area contributed by atoms with Gasteiger partial charge in [-0.25, -0.2) is 4.68 Å². The summed E-state index contributed by atoms with van der Waals surface area (Å²) in [4.78, 5) is 0. The van der Waals surface area contributed by atoms with Crippen molar-refractivity contribution in [3.8, 4) is 23.1 Å². The predicted octanol–water partition coefficient (Wildman–Crippen LogP) is 3.84. The van der Waals surface area contributed by atoms with E-state index >= 15 is 0 Å². The van der Waals surface area contributed by atoms with Gasteiger partial charge in [-0.3, -0.25) is 0 Å². The van der Waals surface area contributed by atoms with E-state index in [9.17, 15) is 0 Å². The van der Waals surface area contributed by atoms with E-state index in [2.05, 4.69) is 47.3 Å². The largest absolute Gasteiger partial charge is 0.376 e. The SMILES string of the molecule is CCc1ccc(C#CC2CC2)cc1-c1cn(C[C@H]2CCCCO2)nn1. The molecule has 0 unspecified atom stereocenters. The number of aromatic nitrogens is 3. The first-order chi connectivity index (χ1) is 12.3. The molecule has 1 aliphatic heterocycles. The van der Waals surface area contributed by atoms with Gasteiger partial charge in [-0.15, -0.1) is 5.10 Å². The number of nitrogens with zero attached hydrogens (tertiary/aromatic N) is 3. The third-order valence-electron chi connectivity index (χ3n) is 4.97. The fourth-order valence-corrected chi connectivity index (χ4v) is 3.29. The molecule has 2 fully saturated rings. The van der Waals surface area contributed by atoms with Gasteiger partial charge < -0.3 is 4.74 Å². The van der Waals surface area contributed by atoms with Gasteiger partial charge in [0.05, 0.1) is 18.8 Å². The van der Waals surface area contributed by atoms with Crippen LogP contribution in [0.25, 0.3) is 11.3 Å². The van der Waals surface area contributed by atoms with Gasteiger partial charge in [0.15, 0.2) is 0 Å². The van der Waals surface area contributed by atoms with Gasteiger partial charge in [-0.1, -0.05) is 30.0 Å². The van der Waals surface area contributed by atoms with E-state index in [0.717, 1.165) is 42.8 Å². The molecule has 25 heavy (non-hydrogen) atoms.